The van der Waals surface area contributed by atoms with Crippen molar-refractivity contribution in [1.82, 2.24) is 4.90 Å². The summed E-state index contributed by atoms with van der Waals surface area (Å²) in [6.07, 6.45) is 17.0. The summed E-state index contributed by atoms with van der Waals surface area (Å²) < 4.78 is 11.5. The highest BCUT2D eigenvalue weighted by atomic mass is 16.6. The lowest BCUT2D eigenvalue weighted by atomic mass is 9.98. The molecule has 3 aliphatic rings. The van der Waals surface area contributed by atoms with Gasteiger partial charge in [0.25, 0.3) is 5.91 Å². The van der Waals surface area contributed by atoms with Gasteiger partial charge in [0.1, 0.15) is 29.6 Å². The van der Waals surface area contributed by atoms with Gasteiger partial charge in [-0.1, -0.05) is 68.5 Å². The smallest absolute Gasteiger partial charge is 0.261 e. The second-order valence-electron chi connectivity index (χ2n) is 8.90. The van der Waals surface area contributed by atoms with Gasteiger partial charge in [0.15, 0.2) is 5.78 Å². The Morgan fingerprint density at radius 2 is 1.64 bits per heavy atom. The molecule has 3 heterocycles. The SMILES string of the molecule is CC(C)[C@H]1C(=O)C(=C(O)/C=C/C=C/C=C/C=C/C=C/[C@H]2O[C@H]3C[C@H](C)O[C@H]3[C@@H]2O)C(=O)N1C. The van der Waals surface area contributed by atoms with Gasteiger partial charge in [0.05, 0.1) is 18.2 Å². The number of aliphatic hydroxyl groups excluding tert-OH is 2. The van der Waals surface area contributed by atoms with Gasteiger partial charge in [-0.2, -0.15) is 0 Å². The number of likely N-dealkylation sites (tertiary alicyclic amines) is 1. The molecule has 6 atom stereocenters. The van der Waals surface area contributed by atoms with E-state index in [9.17, 15) is 19.8 Å². The van der Waals surface area contributed by atoms with Gasteiger partial charge in [0, 0.05) is 13.5 Å². The van der Waals surface area contributed by atoms with E-state index in [1.807, 2.05) is 51.2 Å². The molecule has 7 nitrogen and oxygen atoms in total. The highest BCUT2D eigenvalue weighted by molar-refractivity contribution is 6.27. The van der Waals surface area contributed by atoms with Crippen molar-refractivity contribution in [3.05, 3.63) is 72.1 Å². The van der Waals surface area contributed by atoms with Crippen LogP contribution in [0.5, 0.6) is 0 Å². The van der Waals surface area contributed by atoms with Crippen LogP contribution in [0.1, 0.15) is 27.2 Å². The van der Waals surface area contributed by atoms with E-state index in [2.05, 4.69) is 0 Å². The maximum atomic E-state index is 12.5. The van der Waals surface area contributed by atoms with E-state index in [1.165, 1.54) is 11.0 Å². The van der Waals surface area contributed by atoms with E-state index < -0.39 is 18.1 Å². The Kier molecular flexibility index (Phi) is 8.24. The highest BCUT2D eigenvalue weighted by Gasteiger charge is 2.48. The number of Topliss-reactive ketones (excluding diaryl/α,β-unsaturated/α-hetero) is 1. The third kappa shape index (κ3) is 5.61. The minimum absolute atomic E-state index is 0.0260. The highest BCUT2D eigenvalue weighted by Crippen LogP contribution is 2.34. The van der Waals surface area contributed by atoms with Crippen LogP contribution in [0.3, 0.4) is 0 Å². The van der Waals surface area contributed by atoms with Crippen molar-refractivity contribution in [2.45, 2.75) is 63.8 Å². The third-order valence-corrected chi connectivity index (χ3v) is 6.01. The largest absolute Gasteiger partial charge is 0.507 e. The maximum absolute atomic E-state index is 12.5. The Morgan fingerprint density at radius 1 is 1.03 bits per heavy atom. The normalized spacial score (nSPS) is 34.7. The third-order valence-electron chi connectivity index (χ3n) is 6.01. The van der Waals surface area contributed by atoms with Gasteiger partial charge in [-0.05, 0) is 18.9 Å². The molecule has 0 aromatic rings. The number of amides is 1. The maximum Gasteiger partial charge on any atom is 0.261 e. The van der Waals surface area contributed by atoms with Gasteiger partial charge in [-0.25, -0.2) is 0 Å². The van der Waals surface area contributed by atoms with Crippen molar-refractivity contribution in [1.29, 1.82) is 0 Å². The van der Waals surface area contributed by atoms with Gasteiger partial charge in [-0.3, -0.25) is 9.59 Å². The van der Waals surface area contributed by atoms with Crippen LogP contribution in [0.25, 0.3) is 0 Å². The standard InChI is InChI=1S/C26H33NO6/c1-16(2)22-24(30)21(26(31)27(22)4)18(28)13-11-9-7-5-6-8-10-12-14-19-23(29)25-20(33-19)15-17(3)32-25/h5-14,16-17,19-20,22-23,25,28-29H,15H2,1-4H3/b6-5+,9-7+,10-8+,13-11+,14-12+,21-18?/t17-,19+,20-,22-,23+,25+/m0/s1. The molecule has 0 radical (unpaired) electrons. The quantitative estimate of drug-likeness (QED) is 0.265. The fourth-order valence-electron chi connectivity index (χ4n) is 4.44. The summed E-state index contributed by atoms with van der Waals surface area (Å²) in [6, 6.07) is -0.539. The Hall–Kier alpha value is -2.74. The van der Waals surface area contributed by atoms with Crippen LogP contribution < -0.4 is 0 Å². The van der Waals surface area contributed by atoms with Crippen LogP contribution in [0.4, 0.5) is 0 Å². The summed E-state index contributed by atoms with van der Waals surface area (Å²) in [7, 11) is 1.57. The number of rotatable bonds is 7. The van der Waals surface area contributed by atoms with Crippen LogP contribution in [0.2, 0.25) is 0 Å². The Labute approximate surface area is 195 Å². The first-order chi connectivity index (χ1) is 15.7. The number of carbonyl (C=O) groups excluding carboxylic acids is 2. The summed E-state index contributed by atoms with van der Waals surface area (Å²) in [5, 5.41) is 20.5. The molecule has 0 unspecified atom stereocenters. The molecule has 33 heavy (non-hydrogen) atoms. The van der Waals surface area contributed by atoms with E-state index in [0.29, 0.717) is 0 Å². The molecule has 7 heteroatoms. The van der Waals surface area contributed by atoms with Gasteiger partial charge in [0.2, 0.25) is 0 Å². The van der Waals surface area contributed by atoms with Crippen LogP contribution in [0, 0.1) is 5.92 Å². The molecule has 0 aromatic carbocycles. The molecule has 3 aliphatic heterocycles. The molecule has 178 valence electrons. The number of ether oxygens (including phenoxy) is 2. The lowest BCUT2D eigenvalue weighted by Gasteiger charge is -2.20. The molecule has 3 saturated heterocycles. The molecular weight excluding hydrogens is 422 g/mol. The van der Waals surface area contributed by atoms with Crippen molar-refractivity contribution in [3.63, 3.8) is 0 Å². The number of fused-ring (bicyclic) bond motifs is 1. The number of nitrogens with zero attached hydrogens (tertiary/aromatic N) is 1. The van der Waals surface area contributed by atoms with Crippen molar-refractivity contribution in [2.75, 3.05) is 7.05 Å². The summed E-state index contributed by atoms with van der Waals surface area (Å²) in [6.45, 7) is 5.72. The minimum Gasteiger partial charge on any atom is -0.507 e. The summed E-state index contributed by atoms with van der Waals surface area (Å²) in [4.78, 5) is 26.1. The van der Waals surface area contributed by atoms with E-state index >= 15 is 0 Å². The second-order valence-corrected chi connectivity index (χ2v) is 8.90. The Balaban J connectivity index is 1.46. The molecule has 0 bridgehead atoms. The first-order valence-electron chi connectivity index (χ1n) is 11.3. The van der Waals surface area contributed by atoms with Crippen LogP contribution in [-0.2, 0) is 19.1 Å². The van der Waals surface area contributed by atoms with Crippen LogP contribution >= 0.6 is 0 Å². The number of hydrogen-bond acceptors (Lipinski definition) is 6. The monoisotopic (exact) mass is 455 g/mol. The van der Waals surface area contributed by atoms with Crippen molar-refractivity contribution < 1.29 is 29.3 Å². The van der Waals surface area contributed by atoms with Crippen LogP contribution in [-0.4, -0.2) is 70.4 Å². The summed E-state index contributed by atoms with van der Waals surface area (Å²) >= 11 is 0. The lowest BCUT2D eigenvalue weighted by Crippen LogP contribution is -2.36. The first-order valence-corrected chi connectivity index (χ1v) is 11.3. The summed E-state index contributed by atoms with van der Waals surface area (Å²) in [5.74, 6) is -1.15. The predicted octanol–water partition coefficient (Wildman–Crippen LogP) is 2.95. The zero-order chi connectivity index (χ0) is 24.1. The van der Waals surface area contributed by atoms with Crippen molar-refractivity contribution in [3.8, 4) is 0 Å². The molecule has 1 amide bonds. The average Bonchev–Trinajstić information content (AvgIpc) is 3.33. The van der Waals surface area contributed by atoms with E-state index in [0.717, 1.165) is 6.42 Å². The van der Waals surface area contributed by atoms with E-state index in [1.54, 1.807) is 31.4 Å². The predicted molar refractivity (Wildman–Crippen MR) is 125 cm³/mol. The Bertz CT molecular complexity index is 925. The molecule has 0 saturated carbocycles. The zero-order valence-corrected chi connectivity index (χ0v) is 19.5. The van der Waals surface area contributed by atoms with Gasteiger partial charge >= 0.3 is 0 Å². The fourth-order valence-corrected chi connectivity index (χ4v) is 4.44. The molecule has 0 aliphatic carbocycles. The topological polar surface area (TPSA) is 96.3 Å². The summed E-state index contributed by atoms with van der Waals surface area (Å²) in [5.41, 5.74) is -0.160. The molecule has 0 aromatic heterocycles. The first kappa shape index (κ1) is 24.9. The minimum atomic E-state index is -0.646. The van der Waals surface area contributed by atoms with Gasteiger partial charge in [-0.15, -0.1) is 0 Å². The van der Waals surface area contributed by atoms with E-state index in [-0.39, 0.29) is 47.4 Å². The average molecular weight is 456 g/mol. The number of aliphatic hydroxyl groups is 2. The molecule has 2 N–H and O–H groups in total. The molecule has 0 spiro atoms. The number of likely N-dealkylation sites (N-methyl/N-ethyl adjacent to an activating group) is 1. The number of allylic oxidation sites excluding steroid dienone is 9. The van der Waals surface area contributed by atoms with Crippen molar-refractivity contribution >= 4 is 11.7 Å². The zero-order valence-electron chi connectivity index (χ0n) is 19.5. The molecule has 3 fully saturated rings. The van der Waals surface area contributed by atoms with Crippen molar-refractivity contribution in [2.24, 2.45) is 5.92 Å². The Morgan fingerprint density at radius 3 is 2.21 bits per heavy atom. The van der Waals surface area contributed by atoms with E-state index in [4.69, 9.17) is 9.47 Å². The van der Waals surface area contributed by atoms with Gasteiger partial charge < -0.3 is 24.6 Å². The number of carbonyl (C=O) groups is 2. The molecule has 3 rings (SSSR count). The number of ketones is 1. The van der Waals surface area contributed by atoms with Crippen LogP contribution in [0.15, 0.2) is 72.1 Å². The fraction of sp³-hybridized carbons (Fsp3) is 0.462. The second kappa shape index (κ2) is 10.9. The lowest BCUT2D eigenvalue weighted by molar-refractivity contribution is -0.126. The number of hydrogen-bond donors (Lipinski definition) is 2. The molecular formula is C26H33NO6.